The molecular weight excluding hydrogens is 912 g/mol. The number of aromatic hydroxyl groups is 1. The standard InChI is InChI=1S/C34H29Br3N4O11S/c35-22-11-18-2-5-28(22)50-30-16-19(1-4-27(30)42)8-10-39-34(44)26(41-46)15-21-13-24(37)32(52-53(47,48)49)31(17-21)51-29-6-3-20(12-23(29)36)14-25(40-45)33(43)38-9-7-18/h1-6,11-13,16-17,42,45-46H,7-10,14-15H2,(H,38,43)(H,39,44)(H,47,48,49)/b40-25-,41-26+. The summed E-state index contributed by atoms with van der Waals surface area (Å²) in [6, 6.07) is 17.4. The number of benzene rings is 4. The van der Waals surface area contributed by atoms with Crippen LogP contribution in [0.3, 0.4) is 0 Å². The summed E-state index contributed by atoms with van der Waals surface area (Å²) in [4.78, 5) is 26.0. The molecule has 7 rings (SSSR count). The lowest BCUT2D eigenvalue weighted by Crippen LogP contribution is -2.33. The topological polar surface area (TPSA) is 226 Å². The summed E-state index contributed by atoms with van der Waals surface area (Å²) in [6.07, 6.45) is 0.418. The second kappa shape index (κ2) is 17.4. The highest BCUT2D eigenvalue weighted by Crippen LogP contribution is 2.42. The van der Waals surface area contributed by atoms with E-state index in [-0.39, 0.29) is 64.8 Å². The van der Waals surface area contributed by atoms with Gasteiger partial charge < -0.3 is 39.8 Å². The maximum Gasteiger partial charge on any atom is 0.446 e. The van der Waals surface area contributed by atoms with Gasteiger partial charge in [-0.25, -0.2) is 0 Å². The lowest BCUT2D eigenvalue weighted by molar-refractivity contribution is -0.115. The van der Waals surface area contributed by atoms with Crippen molar-refractivity contribution in [2.75, 3.05) is 13.1 Å². The first-order valence-corrected chi connectivity index (χ1v) is 19.2. The van der Waals surface area contributed by atoms with Crippen molar-refractivity contribution >= 4 is 81.4 Å². The van der Waals surface area contributed by atoms with E-state index in [1.165, 1.54) is 24.3 Å². The van der Waals surface area contributed by atoms with Crippen molar-refractivity contribution in [1.29, 1.82) is 0 Å². The lowest BCUT2D eigenvalue weighted by Gasteiger charge is -2.16. The molecule has 3 heterocycles. The van der Waals surface area contributed by atoms with Crippen LogP contribution in [0.5, 0.6) is 34.5 Å². The Labute approximate surface area is 328 Å². The maximum atomic E-state index is 13.1. The number of halogens is 3. The van der Waals surface area contributed by atoms with Crippen LogP contribution in [0.4, 0.5) is 0 Å². The van der Waals surface area contributed by atoms with Crippen molar-refractivity contribution in [2.45, 2.75) is 25.7 Å². The molecule has 2 amide bonds. The molecule has 0 fully saturated rings. The summed E-state index contributed by atoms with van der Waals surface area (Å²) < 4.78 is 50.5. The van der Waals surface area contributed by atoms with Crippen LogP contribution in [0, 0.1) is 0 Å². The number of carbonyl (C=O) groups excluding carboxylic acids is 2. The van der Waals surface area contributed by atoms with Crippen molar-refractivity contribution in [3.8, 4) is 34.5 Å². The van der Waals surface area contributed by atoms with E-state index in [1.807, 2.05) is 6.07 Å². The van der Waals surface area contributed by atoms with Crippen molar-refractivity contribution < 1.29 is 51.7 Å². The summed E-state index contributed by atoms with van der Waals surface area (Å²) in [5, 5.41) is 41.6. The number of nitrogens with zero attached hydrogens (tertiary/aromatic N) is 2. The SMILES string of the molecule is O=C1NCCc2ccc(c(Br)c2)Oc2cc(ccc2O)CCNC(=O)/C(=N/O)Cc2cc(Br)c(OS(=O)(=O)O)c(c2)Oc2ccc(cc2Br)C/C1=N/O. The minimum Gasteiger partial charge on any atom is -0.504 e. The average molecular weight is 941 g/mol. The third-order valence-corrected chi connectivity index (χ3v) is 9.83. The molecule has 0 atom stereocenters. The molecule has 3 aliphatic heterocycles. The Morgan fingerprint density at radius 3 is 1.68 bits per heavy atom. The van der Waals surface area contributed by atoms with Gasteiger partial charge in [0.1, 0.15) is 22.9 Å². The van der Waals surface area contributed by atoms with E-state index in [9.17, 15) is 38.1 Å². The molecule has 0 unspecified atom stereocenters. The van der Waals surface area contributed by atoms with Crippen molar-refractivity contribution in [1.82, 2.24) is 10.6 Å². The van der Waals surface area contributed by atoms with E-state index in [0.29, 0.717) is 44.2 Å². The van der Waals surface area contributed by atoms with Gasteiger partial charge in [0.25, 0.3) is 11.8 Å². The lowest BCUT2D eigenvalue weighted by atomic mass is 10.1. The molecule has 8 bridgehead atoms. The molecule has 278 valence electrons. The number of phenols is 1. The molecule has 19 heteroatoms. The van der Waals surface area contributed by atoms with Gasteiger partial charge in [0.05, 0.1) is 13.4 Å². The first-order chi connectivity index (χ1) is 25.2. The Hall–Kier alpha value is -4.69. The van der Waals surface area contributed by atoms with Crippen LogP contribution >= 0.6 is 47.8 Å². The fraction of sp³-hybridized carbons (Fsp3) is 0.176. The quantitative estimate of drug-likeness (QED) is 0.0752. The third kappa shape index (κ3) is 10.7. The van der Waals surface area contributed by atoms with Crippen LogP contribution in [-0.4, -0.2) is 64.8 Å². The summed E-state index contributed by atoms with van der Waals surface area (Å²) in [6.45, 7) is 0.334. The largest absolute Gasteiger partial charge is 0.504 e. The predicted octanol–water partition coefficient (Wildman–Crippen LogP) is 6.22. The minimum absolute atomic E-state index is 0.00990. The highest BCUT2D eigenvalue weighted by Gasteiger charge is 2.23. The molecule has 4 aromatic rings. The molecule has 0 radical (unpaired) electrons. The molecule has 6 N–H and O–H groups in total. The van der Waals surface area contributed by atoms with E-state index in [1.54, 1.807) is 36.4 Å². The smallest absolute Gasteiger partial charge is 0.446 e. The van der Waals surface area contributed by atoms with E-state index in [2.05, 4.69) is 68.7 Å². The van der Waals surface area contributed by atoms with Crippen molar-refractivity contribution in [2.24, 2.45) is 10.3 Å². The first-order valence-electron chi connectivity index (χ1n) is 15.4. The Balaban J connectivity index is 1.48. The van der Waals surface area contributed by atoms with Crippen LogP contribution in [-0.2, 0) is 45.7 Å². The zero-order valence-electron chi connectivity index (χ0n) is 27.2. The number of fused-ring (bicyclic) bond motifs is 2. The first kappa shape index (κ1) is 39.5. The molecule has 15 nitrogen and oxygen atoms in total. The Morgan fingerprint density at radius 2 is 1.11 bits per heavy atom. The molecule has 4 aromatic carbocycles. The second-order valence-corrected chi connectivity index (χ2v) is 15.0. The van der Waals surface area contributed by atoms with Gasteiger partial charge in [-0.05, 0) is 131 Å². The fourth-order valence-electron chi connectivity index (χ4n) is 5.09. The van der Waals surface area contributed by atoms with Gasteiger partial charge in [-0.3, -0.25) is 14.1 Å². The van der Waals surface area contributed by atoms with Crippen molar-refractivity contribution in [3.63, 3.8) is 0 Å². The zero-order valence-corrected chi connectivity index (χ0v) is 32.8. The van der Waals surface area contributed by atoms with Gasteiger partial charge >= 0.3 is 10.4 Å². The van der Waals surface area contributed by atoms with Crippen LogP contribution in [0.2, 0.25) is 0 Å². The highest BCUT2D eigenvalue weighted by molar-refractivity contribution is 9.11. The Kier molecular flexibility index (Phi) is 13.0. The normalized spacial score (nSPS) is 16.2. The van der Waals surface area contributed by atoms with Crippen LogP contribution in [0.1, 0.15) is 22.3 Å². The Morgan fingerprint density at radius 1 is 0.642 bits per heavy atom. The zero-order chi connectivity index (χ0) is 38.3. The van der Waals surface area contributed by atoms with Gasteiger partial charge in [-0.15, -0.1) is 0 Å². The summed E-state index contributed by atoms with van der Waals surface area (Å²) in [5.74, 6) is -1.32. The molecule has 0 saturated heterocycles. The van der Waals surface area contributed by atoms with Gasteiger partial charge in [0.15, 0.2) is 17.2 Å². The molecule has 0 aromatic heterocycles. The monoisotopic (exact) mass is 938 g/mol. The molecular formula is C34H29Br3N4O11S. The molecule has 0 aliphatic carbocycles. The Bertz CT molecular complexity index is 2230. The average Bonchev–Trinajstić information content (AvgIpc) is 3.10. The number of oxime groups is 2. The number of amides is 2. The van der Waals surface area contributed by atoms with Gasteiger partial charge in [0.2, 0.25) is 5.75 Å². The highest BCUT2D eigenvalue weighted by atomic mass is 79.9. The second-order valence-electron chi connectivity index (χ2n) is 11.4. The number of nitrogens with one attached hydrogen (secondary N) is 2. The fourth-order valence-corrected chi connectivity index (χ4v) is 7.17. The number of hydrogen-bond acceptors (Lipinski definition) is 12. The summed E-state index contributed by atoms with van der Waals surface area (Å²) in [5.41, 5.74) is 1.95. The van der Waals surface area contributed by atoms with Crippen LogP contribution < -0.4 is 24.3 Å². The number of rotatable bonds is 2. The van der Waals surface area contributed by atoms with Crippen LogP contribution in [0.25, 0.3) is 0 Å². The molecule has 0 saturated carbocycles. The molecule has 3 aliphatic rings. The van der Waals surface area contributed by atoms with E-state index in [0.717, 1.165) is 5.56 Å². The predicted molar refractivity (Wildman–Crippen MR) is 202 cm³/mol. The number of hydrogen-bond donors (Lipinski definition) is 6. The third-order valence-electron chi connectivity index (χ3n) is 7.62. The van der Waals surface area contributed by atoms with Crippen LogP contribution in [0.15, 0.2) is 90.5 Å². The number of ether oxygens (including phenoxy) is 2. The van der Waals surface area contributed by atoms with Gasteiger partial charge in [0, 0.05) is 25.9 Å². The number of carbonyl (C=O) groups is 2. The van der Waals surface area contributed by atoms with Gasteiger partial charge in [-0.1, -0.05) is 28.5 Å². The minimum atomic E-state index is -5.02. The van der Waals surface area contributed by atoms with Crippen molar-refractivity contribution in [3.05, 3.63) is 102 Å². The molecule has 0 spiro atoms. The summed E-state index contributed by atoms with van der Waals surface area (Å²) >= 11 is 10.1. The van der Waals surface area contributed by atoms with E-state index < -0.39 is 28.0 Å². The number of phenolic OH excluding ortho intramolecular Hbond substituents is 1. The van der Waals surface area contributed by atoms with E-state index >= 15 is 0 Å². The van der Waals surface area contributed by atoms with E-state index in [4.69, 9.17) is 13.7 Å². The summed E-state index contributed by atoms with van der Waals surface area (Å²) in [7, 11) is -5.02. The maximum absolute atomic E-state index is 13.1. The molecule has 53 heavy (non-hydrogen) atoms. The van der Waals surface area contributed by atoms with Gasteiger partial charge in [-0.2, -0.15) is 8.42 Å².